The Morgan fingerprint density at radius 1 is 1.14 bits per heavy atom. The summed E-state index contributed by atoms with van der Waals surface area (Å²) >= 11 is 0. The van der Waals surface area contributed by atoms with Crippen molar-refractivity contribution < 1.29 is 18.4 Å². The summed E-state index contributed by atoms with van der Waals surface area (Å²) in [5.41, 5.74) is 0.690. The molecule has 0 aliphatic carbocycles. The lowest BCUT2D eigenvalue weighted by atomic mass is 10.2. The Morgan fingerprint density at radius 3 is 2.38 bits per heavy atom. The van der Waals surface area contributed by atoms with E-state index >= 15 is 0 Å². The molecule has 0 radical (unpaired) electrons. The Morgan fingerprint density at radius 2 is 1.81 bits per heavy atom. The first-order valence-electron chi connectivity index (χ1n) is 5.89. The first kappa shape index (κ1) is 14.9. The van der Waals surface area contributed by atoms with E-state index < -0.39 is 14.9 Å². The number of nitro groups is 1. The zero-order chi connectivity index (χ0) is 15.5. The molecule has 21 heavy (non-hydrogen) atoms. The smallest absolute Gasteiger partial charge is 0.269 e. The molecule has 2 rings (SSSR count). The van der Waals surface area contributed by atoms with Gasteiger partial charge >= 0.3 is 0 Å². The molecule has 0 heterocycles. The van der Waals surface area contributed by atoms with Crippen LogP contribution in [0.1, 0.15) is 5.56 Å². The summed E-state index contributed by atoms with van der Waals surface area (Å²) in [6, 6.07) is 10.9. The molecule has 0 saturated heterocycles. The molecule has 0 aliphatic heterocycles. The molecule has 0 unspecified atom stereocenters. The molecule has 0 aromatic heterocycles. The average Bonchev–Trinajstić information content (AvgIpc) is 2.47. The van der Waals surface area contributed by atoms with Gasteiger partial charge in [-0.15, -0.1) is 0 Å². The Labute approximate surface area is 121 Å². The van der Waals surface area contributed by atoms with Crippen molar-refractivity contribution in [2.45, 2.75) is 11.5 Å². The quantitative estimate of drug-likeness (QED) is 0.647. The lowest BCUT2D eigenvalue weighted by molar-refractivity contribution is -0.384. The molecule has 0 atom stereocenters. The molecule has 0 fully saturated rings. The minimum atomic E-state index is -3.84. The van der Waals surface area contributed by atoms with Crippen LogP contribution >= 0.6 is 0 Å². The standard InChI is InChI=1S/C13H12N2O5S/c16-9-10-2-1-3-11(8-10)14-21(19,20)13-6-4-12(5-7-13)15(17)18/h1-8,14,16H,9H2. The van der Waals surface area contributed by atoms with E-state index in [0.29, 0.717) is 11.3 Å². The van der Waals surface area contributed by atoms with Crippen LogP contribution in [-0.4, -0.2) is 18.4 Å². The number of non-ortho nitro benzene ring substituents is 1. The normalized spacial score (nSPS) is 11.1. The summed E-state index contributed by atoms with van der Waals surface area (Å²) in [7, 11) is -3.84. The van der Waals surface area contributed by atoms with E-state index in [9.17, 15) is 18.5 Å². The first-order chi connectivity index (χ1) is 9.92. The molecule has 110 valence electrons. The Hall–Kier alpha value is -2.45. The van der Waals surface area contributed by atoms with Gasteiger partial charge < -0.3 is 5.11 Å². The third-order valence-electron chi connectivity index (χ3n) is 2.72. The SMILES string of the molecule is O=[N+]([O-])c1ccc(S(=O)(=O)Nc2cccc(CO)c2)cc1. The molecule has 0 amide bonds. The number of nitrogens with zero attached hydrogens (tertiary/aromatic N) is 1. The van der Waals surface area contributed by atoms with Gasteiger partial charge in [0, 0.05) is 17.8 Å². The number of nitrogens with one attached hydrogen (secondary N) is 1. The second-order valence-corrected chi connectivity index (χ2v) is 5.90. The third kappa shape index (κ3) is 3.56. The van der Waals surface area contributed by atoms with Crippen LogP contribution in [-0.2, 0) is 16.6 Å². The summed E-state index contributed by atoms with van der Waals surface area (Å²) in [5.74, 6) is 0. The lowest BCUT2D eigenvalue weighted by Gasteiger charge is -2.08. The Balaban J connectivity index is 2.27. The van der Waals surface area contributed by atoms with Crippen molar-refractivity contribution >= 4 is 21.4 Å². The van der Waals surface area contributed by atoms with E-state index in [1.54, 1.807) is 18.2 Å². The number of anilines is 1. The highest BCUT2D eigenvalue weighted by Gasteiger charge is 2.16. The Bertz CT molecular complexity index is 756. The maximum absolute atomic E-state index is 12.1. The second kappa shape index (κ2) is 5.90. The van der Waals surface area contributed by atoms with Crippen molar-refractivity contribution in [1.82, 2.24) is 0 Å². The molecular formula is C13H12N2O5S. The van der Waals surface area contributed by atoms with Crippen molar-refractivity contribution in [3.05, 3.63) is 64.2 Å². The van der Waals surface area contributed by atoms with Gasteiger partial charge in [-0.1, -0.05) is 12.1 Å². The summed E-state index contributed by atoms with van der Waals surface area (Å²) < 4.78 is 26.6. The van der Waals surface area contributed by atoms with Crippen molar-refractivity contribution in [1.29, 1.82) is 0 Å². The van der Waals surface area contributed by atoms with E-state index in [1.807, 2.05) is 0 Å². The number of hydrogen-bond donors (Lipinski definition) is 2. The highest BCUT2D eigenvalue weighted by Crippen LogP contribution is 2.19. The zero-order valence-electron chi connectivity index (χ0n) is 10.8. The van der Waals surface area contributed by atoms with Crippen LogP contribution in [0, 0.1) is 10.1 Å². The van der Waals surface area contributed by atoms with Gasteiger partial charge in [-0.2, -0.15) is 0 Å². The number of aliphatic hydroxyl groups excluding tert-OH is 1. The van der Waals surface area contributed by atoms with E-state index in [0.717, 1.165) is 24.3 Å². The predicted molar refractivity (Wildman–Crippen MR) is 76.3 cm³/mol. The molecule has 0 aliphatic rings. The maximum atomic E-state index is 12.1. The fourth-order valence-corrected chi connectivity index (χ4v) is 2.74. The van der Waals surface area contributed by atoms with Crippen molar-refractivity contribution in [3.63, 3.8) is 0 Å². The van der Waals surface area contributed by atoms with Gasteiger partial charge in [0.1, 0.15) is 0 Å². The topological polar surface area (TPSA) is 110 Å². The molecule has 0 saturated carbocycles. The molecule has 0 bridgehead atoms. The second-order valence-electron chi connectivity index (χ2n) is 4.22. The number of hydrogen-bond acceptors (Lipinski definition) is 5. The highest BCUT2D eigenvalue weighted by molar-refractivity contribution is 7.92. The minimum Gasteiger partial charge on any atom is -0.392 e. The lowest BCUT2D eigenvalue weighted by Crippen LogP contribution is -2.13. The van der Waals surface area contributed by atoms with Gasteiger partial charge in [0.05, 0.1) is 16.4 Å². The van der Waals surface area contributed by atoms with Crippen molar-refractivity contribution in [2.24, 2.45) is 0 Å². The van der Waals surface area contributed by atoms with Crippen LogP contribution in [0.4, 0.5) is 11.4 Å². The minimum absolute atomic E-state index is 0.0810. The van der Waals surface area contributed by atoms with Crippen LogP contribution in [0.2, 0.25) is 0 Å². The fourth-order valence-electron chi connectivity index (χ4n) is 1.69. The molecule has 8 heteroatoms. The molecule has 7 nitrogen and oxygen atoms in total. The number of rotatable bonds is 5. The van der Waals surface area contributed by atoms with E-state index in [2.05, 4.69) is 4.72 Å². The molecule has 0 spiro atoms. The summed E-state index contributed by atoms with van der Waals surface area (Å²) in [5, 5.41) is 19.6. The predicted octanol–water partition coefficient (Wildman–Crippen LogP) is 1.89. The van der Waals surface area contributed by atoms with Gasteiger partial charge in [-0.3, -0.25) is 14.8 Å². The highest BCUT2D eigenvalue weighted by atomic mass is 32.2. The number of sulfonamides is 1. The largest absolute Gasteiger partial charge is 0.392 e. The number of nitro benzene ring substituents is 1. The molecular weight excluding hydrogens is 296 g/mol. The molecule has 2 aromatic carbocycles. The zero-order valence-corrected chi connectivity index (χ0v) is 11.6. The molecule has 2 N–H and O–H groups in total. The van der Waals surface area contributed by atoms with Crippen LogP contribution < -0.4 is 4.72 Å². The van der Waals surface area contributed by atoms with Gasteiger partial charge in [-0.05, 0) is 29.8 Å². The third-order valence-corrected chi connectivity index (χ3v) is 4.12. The summed E-state index contributed by atoms with van der Waals surface area (Å²) in [6.07, 6.45) is 0. The fraction of sp³-hybridized carbons (Fsp3) is 0.0769. The number of aliphatic hydroxyl groups is 1. The number of benzene rings is 2. The summed E-state index contributed by atoms with van der Waals surface area (Å²) in [6.45, 7) is -0.201. The van der Waals surface area contributed by atoms with E-state index in [-0.39, 0.29) is 17.2 Å². The van der Waals surface area contributed by atoms with Crippen molar-refractivity contribution in [2.75, 3.05) is 4.72 Å². The van der Waals surface area contributed by atoms with E-state index in [1.165, 1.54) is 6.07 Å². The van der Waals surface area contributed by atoms with Crippen LogP contribution in [0.5, 0.6) is 0 Å². The molecule has 2 aromatic rings. The first-order valence-corrected chi connectivity index (χ1v) is 7.38. The summed E-state index contributed by atoms with van der Waals surface area (Å²) in [4.78, 5) is 9.86. The maximum Gasteiger partial charge on any atom is 0.269 e. The van der Waals surface area contributed by atoms with Gasteiger partial charge in [0.2, 0.25) is 0 Å². The van der Waals surface area contributed by atoms with Crippen LogP contribution in [0.15, 0.2) is 53.4 Å². The van der Waals surface area contributed by atoms with Crippen molar-refractivity contribution in [3.8, 4) is 0 Å². The van der Waals surface area contributed by atoms with E-state index in [4.69, 9.17) is 5.11 Å². The van der Waals surface area contributed by atoms with Gasteiger partial charge in [0.25, 0.3) is 15.7 Å². The van der Waals surface area contributed by atoms with Crippen LogP contribution in [0.25, 0.3) is 0 Å². The monoisotopic (exact) mass is 308 g/mol. The van der Waals surface area contributed by atoms with Crippen LogP contribution in [0.3, 0.4) is 0 Å². The Kier molecular flexibility index (Phi) is 4.20. The van der Waals surface area contributed by atoms with Gasteiger partial charge in [-0.25, -0.2) is 8.42 Å². The van der Waals surface area contributed by atoms with Gasteiger partial charge in [0.15, 0.2) is 0 Å². The average molecular weight is 308 g/mol.